The Labute approximate surface area is 65.6 Å². The normalized spacial score (nSPS) is 12.4. The first-order valence-electron chi connectivity index (χ1n) is 3.66. The predicted octanol–water partition coefficient (Wildman–Crippen LogP) is 0.889. The molecule has 0 aliphatic rings. The van der Waals surface area contributed by atoms with Gasteiger partial charge in [0.25, 0.3) is 0 Å². The summed E-state index contributed by atoms with van der Waals surface area (Å²) in [6, 6.07) is 0. The van der Waals surface area contributed by atoms with E-state index in [2.05, 4.69) is 0 Å². The second-order valence-corrected chi connectivity index (χ2v) is 3.91. The Morgan fingerprint density at radius 3 is 1.64 bits per heavy atom. The smallest absolute Gasteiger partial charge is 0.230 e. The van der Waals surface area contributed by atoms with Gasteiger partial charge in [0.1, 0.15) is 0 Å². The van der Waals surface area contributed by atoms with Crippen LogP contribution in [-0.4, -0.2) is 0 Å². The number of rotatable bonds is 0. The van der Waals surface area contributed by atoms with Crippen molar-refractivity contribution in [3.8, 4) is 0 Å². The lowest BCUT2D eigenvalue weighted by Gasteiger charge is -2.21. The maximum absolute atomic E-state index is 11.0. The van der Waals surface area contributed by atoms with Gasteiger partial charge in [0.2, 0.25) is 10.9 Å². The van der Waals surface area contributed by atoms with Crippen LogP contribution >= 0.6 is 0 Å². The number of hydrogen-bond donors (Lipinski definition) is 0. The van der Waals surface area contributed by atoms with Crippen LogP contribution in [0.4, 0.5) is 0 Å². The van der Waals surface area contributed by atoms with Gasteiger partial charge in [-0.15, -0.1) is 0 Å². The lowest BCUT2D eigenvalue weighted by molar-refractivity contribution is 0.572. The molecule has 0 radical (unpaired) electrons. The first-order valence-corrected chi connectivity index (χ1v) is 3.66. The standard InChI is InChI=1S/C9H12O2/c1-5-6(9(2,3)4)8(11)7(5)10/h1-4H3. The molecule has 1 aromatic rings. The summed E-state index contributed by atoms with van der Waals surface area (Å²) in [7, 11) is 0. The Morgan fingerprint density at radius 1 is 1.00 bits per heavy atom. The highest BCUT2D eigenvalue weighted by Gasteiger charge is 2.26. The van der Waals surface area contributed by atoms with Crippen LogP contribution in [0.3, 0.4) is 0 Å². The quantitative estimate of drug-likeness (QED) is 0.517. The summed E-state index contributed by atoms with van der Waals surface area (Å²) in [6.07, 6.45) is 0. The highest BCUT2D eigenvalue weighted by atomic mass is 16.2. The van der Waals surface area contributed by atoms with Crippen LogP contribution in [0.25, 0.3) is 0 Å². The molecule has 0 bridgehead atoms. The SMILES string of the molecule is Cc1c(C(C)(C)C)c(=O)c1=O. The zero-order valence-corrected chi connectivity index (χ0v) is 7.32. The van der Waals surface area contributed by atoms with E-state index in [-0.39, 0.29) is 16.3 Å². The Morgan fingerprint density at radius 2 is 1.45 bits per heavy atom. The van der Waals surface area contributed by atoms with Crippen LogP contribution in [0.5, 0.6) is 0 Å². The minimum absolute atomic E-state index is 0.172. The second kappa shape index (κ2) is 2.03. The molecule has 0 aromatic heterocycles. The van der Waals surface area contributed by atoms with E-state index in [1.807, 2.05) is 20.8 Å². The van der Waals surface area contributed by atoms with E-state index in [1.165, 1.54) is 0 Å². The Hall–Kier alpha value is -0.920. The predicted molar refractivity (Wildman–Crippen MR) is 44.8 cm³/mol. The van der Waals surface area contributed by atoms with E-state index in [9.17, 15) is 9.59 Å². The molecule has 0 saturated heterocycles. The van der Waals surface area contributed by atoms with Crippen molar-refractivity contribution in [2.24, 2.45) is 0 Å². The third-order valence-electron chi connectivity index (χ3n) is 1.90. The molecule has 2 nitrogen and oxygen atoms in total. The molecule has 0 atom stereocenters. The minimum Gasteiger partial charge on any atom is -0.285 e. The monoisotopic (exact) mass is 152 g/mol. The molecule has 0 N–H and O–H groups in total. The van der Waals surface area contributed by atoms with Crippen molar-refractivity contribution in [3.05, 3.63) is 31.6 Å². The molecule has 0 aliphatic heterocycles. The summed E-state index contributed by atoms with van der Waals surface area (Å²) in [5, 5.41) is 0. The molecule has 1 rings (SSSR count). The third-order valence-corrected chi connectivity index (χ3v) is 1.90. The molecule has 0 saturated carbocycles. The van der Waals surface area contributed by atoms with Crippen LogP contribution in [0.15, 0.2) is 9.59 Å². The molecule has 0 aliphatic carbocycles. The van der Waals surface area contributed by atoms with Crippen LogP contribution in [0.2, 0.25) is 0 Å². The van der Waals surface area contributed by atoms with Crippen molar-refractivity contribution in [1.29, 1.82) is 0 Å². The van der Waals surface area contributed by atoms with E-state index in [1.54, 1.807) is 6.92 Å². The van der Waals surface area contributed by atoms with Gasteiger partial charge in [0, 0.05) is 11.1 Å². The van der Waals surface area contributed by atoms with Crippen molar-refractivity contribution in [1.82, 2.24) is 0 Å². The molecule has 60 valence electrons. The van der Waals surface area contributed by atoms with Crippen LogP contribution < -0.4 is 10.9 Å². The molecular formula is C9H12O2. The third kappa shape index (κ3) is 1.02. The zero-order valence-electron chi connectivity index (χ0n) is 7.32. The maximum atomic E-state index is 11.0. The van der Waals surface area contributed by atoms with Gasteiger partial charge >= 0.3 is 0 Å². The van der Waals surface area contributed by atoms with Gasteiger partial charge in [-0.05, 0) is 12.3 Å². The van der Waals surface area contributed by atoms with Crippen LogP contribution in [0.1, 0.15) is 31.9 Å². The van der Waals surface area contributed by atoms with Crippen molar-refractivity contribution >= 4 is 0 Å². The molecule has 0 fully saturated rings. The molecule has 11 heavy (non-hydrogen) atoms. The first-order chi connectivity index (χ1) is 4.85. The summed E-state index contributed by atoms with van der Waals surface area (Å²) in [5.41, 5.74) is 0.560. The summed E-state index contributed by atoms with van der Waals surface area (Å²) >= 11 is 0. The summed E-state index contributed by atoms with van der Waals surface area (Å²) in [6.45, 7) is 7.53. The van der Waals surface area contributed by atoms with Gasteiger partial charge in [-0.1, -0.05) is 20.8 Å². The van der Waals surface area contributed by atoms with Gasteiger partial charge in [-0.2, -0.15) is 0 Å². The van der Waals surface area contributed by atoms with E-state index in [0.29, 0.717) is 11.1 Å². The maximum Gasteiger partial charge on any atom is 0.230 e. The van der Waals surface area contributed by atoms with Gasteiger partial charge < -0.3 is 0 Å². The van der Waals surface area contributed by atoms with Crippen LogP contribution in [0, 0.1) is 6.92 Å². The van der Waals surface area contributed by atoms with Crippen molar-refractivity contribution in [2.45, 2.75) is 33.1 Å². The average Bonchev–Trinajstić information content (AvgIpc) is 1.85. The van der Waals surface area contributed by atoms with E-state index < -0.39 is 0 Å². The van der Waals surface area contributed by atoms with Gasteiger partial charge in [-0.25, -0.2) is 0 Å². The fourth-order valence-corrected chi connectivity index (χ4v) is 1.41. The zero-order chi connectivity index (χ0) is 8.81. The fourth-order valence-electron chi connectivity index (χ4n) is 1.41. The van der Waals surface area contributed by atoms with Crippen molar-refractivity contribution < 1.29 is 0 Å². The number of hydrogen-bond acceptors (Lipinski definition) is 2. The molecule has 0 amide bonds. The van der Waals surface area contributed by atoms with Gasteiger partial charge in [0.05, 0.1) is 0 Å². The van der Waals surface area contributed by atoms with Gasteiger partial charge in [-0.3, -0.25) is 9.59 Å². The Balaban J connectivity index is 3.31. The largest absolute Gasteiger partial charge is 0.285 e. The summed E-state index contributed by atoms with van der Waals surface area (Å²) in [4.78, 5) is 21.8. The lowest BCUT2D eigenvalue weighted by Crippen LogP contribution is -2.43. The molecule has 2 heteroatoms. The van der Waals surface area contributed by atoms with Gasteiger partial charge in [0.15, 0.2) is 0 Å². The molecule has 0 spiro atoms. The average molecular weight is 152 g/mol. The topological polar surface area (TPSA) is 34.1 Å². The first kappa shape index (κ1) is 8.18. The van der Waals surface area contributed by atoms with Crippen LogP contribution in [-0.2, 0) is 5.41 Å². The minimum atomic E-state index is -0.310. The molecule has 0 unspecified atom stereocenters. The fraction of sp³-hybridized carbons (Fsp3) is 0.556. The summed E-state index contributed by atoms with van der Waals surface area (Å²) < 4.78 is 0. The van der Waals surface area contributed by atoms with E-state index in [0.717, 1.165) is 0 Å². The van der Waals surface area contributed by atoms with Crippen molar-refractivity contribution in [2.75, 3.05) is 0 Å². The lowest BCUT2D eigenvalue weighted by atomic mass is 9.81. The Kier molecular flexibility index (Phi) is 1.51. The highest BCUT2D eigenvalue weighted by Crippen LogP contribution is 2.20. The molecular weight excluding hydrogens is 140 g/mol. The molecule has 1 aromatic carbocycles. The van der Waals surface area contributed by atoms with E-state index in [4.69, 9.17) is 0 Å². The second-order valence-electron chi connectivity index (χ2n) is 3.91. The summed E-state index contributed by atoms with van der Waals surface area (Å²) in [5.74, 6) is 0. The Bertz CT molecular complexity index is 346. The highest BCUT2D eigenvalue weighted by molar-refractivity contribution is 5.36. The van der Waals surface area contributed by atoms with Crippen molar-refractivity contribution in [3.63, 3.8) is 0 Å². The van der Waals surface area contributed by atoms with E-state index >= 15 is 0 Å². The molecule has 0 heterocycles.